The van der Waals surface area contributed by atoms with E-state index in [1.165, 1.54) is 0 Å². The Morgan fingerprint density at radius 1 is 1.62 bits per heavy atom. The minimum atomic E-state index is -0.868. The largest absolute Gasteiger partial charge is 0.481 e. The van der Waals surface area contributed by atoms with E-state index < -0.39 is 5.97 Å². The number of rotatable bonds is 6. The number of aliphatic carboxylic acids is 1. The average molecular weight is 246 g/mol. The van der Waals surface area contributed by atoms with Gasteiger partial charge in [-0.15, -0.1) is 11.8 Å². The molecule has 0 aromatic rings. The summed E-state index contributed by atoms with van der Waals surface area (Å²) in [5.74, 6) is 0.602. The lowest BCUT2D eigenvalue weighted by atomic mass is 10.1. The summed E-state index contributed by atoms with van der Waals surface area (Å²) in [6.45, 7) is 1.98. The maximum Gasteiger partial charge on any atom is 0.305 e. The van der Waals surface area contributed by atoms with Gasteiger partial charge in [-0.1, -0.05) is 13.3 Å². The third-order valence-corrected chi connectivity index (χ3v) is 3.38. The Bertz CT molecular complexity index is 254. The van der Waals surface area contributed by atoms with Gasteiger partial charge < -0.3 is 10.4 Å². The Morgan fingerprint density at radius 2 is 2.38 bits per heavy atom. The molecule has 3 N–H and O–H groups in total. The number of thioether (sulfide) groups is 1. The Labute approximate surface area is 99.4 Å². The third kappa shape index (κ3) is 4.40. The summed E-state index contributed by atoms with van der Waals surface area (Å²) < 4.78 is 0. The smallest absolute Gasteiger partial charge is 0.305 e. The molecule has 16 heavy (non-hydrogen) atoms. The molecular formula is C10H18N2O3S. The molecule has 5 nitrogen and oxygen atoms in total. The molecule has 92 valence electrons. The number of carbonyl (C=O) groups excluding carboxylic acids is 1. The van der Waals surface area contributed by atoms with Crippen LogP contribution in [0.3, 0.4) is 0 Å². The summed E-state index contributed by atoms with van der Waals surface area (Å²) in [6, 6.07) is -0.416. The Kier molecular flexibility index (Phi) is 5.62. The van der Waals surface area contributed by atoms with Crippen molar-refractivity contribution in [3.63, 3.8) is 0 Å². The number of nitrogens with one attached hydrogen (secondary N) is 2. The van der Waals surface area contributed by atoms with Crippen LogP contribution in [0.5, 0.6) is 0 Å². The highest BCUT2D eigenvalue weighted by molar-refractivity contribution is 7.99. The summed E-state index contributed by atoms with van der Waals surface area (Å²) in [5.41, 5.74) is 0. The van der Waals surface area contributed by atoms with Crippen LogP contribution in [0.15, 0.2) is 0 Å². The van der Waals surface area contributed by atoms with E-state index in [9.17, 15) is 9.59 Å². The fourth-order valence-corrected chi connectivity index (χ4v) is 2.59. The molecule has 0 aliphatic carbocycles. The molecule has 1 aliphatic rings. The lowest BCUT2D eigenvalue weighted by molar-refractivity contribution is -0.137. The zero-order chi connectivity index (χ0) is 12.0. The summed E-state index contributed by atoms with van der Waals surface area (Å²) >= 11 is 1.68. The van der Waals surface area contributed by atoms with E-state index in [2.05, 4.69) is 10.6 Å². The van der Waals surface area contributed by atoms with Crippen LogP contribution in [0, 0.1) is 0 Å². The molecule has 1 heterocycles. The molecule has 0 spiro atoms. The number of hydrogen-bond acceptors (Lipinski definition) is 4. The van der Waals surface area contributed by atoms with Gasteiger partial charge in [0, 0.05) is 17.7 Å². The van der Waals surface area contributed by atoms with Crippen molar-refractivity contribution in [1.29, 1.82) is 0 Å². The second-order valence-corrected chi connectivity index (χ2v) is 4.89. The van der Waals surface area contributed by atoms with Crippen molar-refractivity contribution in [2.75, 3.05) is 11.6 Å². The van der Waals surface area contributed by atoms with Gasteiger partial charge in [0.15, 0.2) is 0 Å². The number of carboxylic acid groups (broad SMARTS) is 1. The maximum absolute atomic E-state index is 11.7. The molecule has 6 heteroatoms. The SMILES string of the molecule is CCCC(CC(=O)O)NC(=O)C1CSCN1. The van der Waals surface area contributed by atoms with Gasteiger partial charge in [-0.3, -0.25) is 14.9 Å². The highest BCUT2D eigenvalue weighted by Crippen LogP contribution is 2.10. The molecule has 1 rings (SSSR count). The molecule has 1 aliphatic heterocycles. The van der Waals surface area contributed by atoms with Crippen LogP contribution in [-0.4, -0.2) is 40.7 Å². The molecule has 0 radical (unpaired) electrons. The standard InChI is InChI=1S/C10H18N2O3S/c1-2-3-7(4-9(13)14)12-10(15)8-5-16-6-11-8/h7-8,11H,2-6H2,1H3,(H,12,15)(H,13,14). The molecule has 1 fully saturated rings. The van der Waals surface area contributed by atoms with E-state index in [0.29, 0.717) is 6.42 Å². The van der Waals surface area contributed by atoms with Crippen molar-refractivity contribution in [3.05, 3.63) is 0 Å². The Morgan fingerprint density at radius 3 is 2.88 bits per heavy atom. The topological polar surface area (TPSA) is 78.4 Å². The first-order valence-electron chi connectivity index (χ1n) is 5.46. The van der Waals surface area contributed by atoms with Gasteiger partial charge in [-0.05, 0) is 6.42 Å². The minimum Gasteiger partial charge on any atom is -0.481 e. The van der Waals surface area contributed by atoms with Crippen molar-refractivity contribution in [3.8, 4) is 0 Å². The van der Waals surface area contributed by atoms with E-state index in [-0.39, 0.29) is 24.4 Å². The first-order valence-corrected chi connectivity index (χ1v) is 6.62. The quantitative estimate of drug-likeness (QED) is 0.632. The van der Waals surface area contributed by atoms with Crippen molar-refractivity contribution < 1.29 is 14.7 Å². The average Bonchev–Trinajstić information content (AvgIpc) is 2.69. The third-order valence-electron chi connectivity index (χ3n) is 2.44. The number of hydrogen-bond donors (Lipinski definition) is 3. The normalized spacial score (nSPS) is 21.7. The van der Waals surface area contributed by atoms with Crippen LogP contribution < -0.4 is 10.6 Å². The van der Waals surface area contributed by atoms with Crippen molar-refractivity contribution >= 4 is 23.6 Å². The molecule has 0 aromatic carbocycles. The highest BCUT2D eigenvalue weighted by atomic mass is 32.2. The van der Waals surface area contributed by atoms with E-state index in [1.54, 1.807) is 11.8 Å². The highest BCUT2D eigenvalue weighted by Gasteiger charge is 2.25. The first-order chi connectivity index (χ1) is 7.63. The maximum atomic E-state index is 11.7. The monoisotopic (exact) mass is 246 g/mol. The summed E-state index contributed by atoms with van der Waals surface area (Å²) in [5, 5.41) is 14.6. The molecule has 2 atom stereocenters. The van der Waals surface area contributed by atoms with Gasteiger partial charge in [0.1, 0.15) is 0 Å². The fourth-order valence-electron chi connectivity index (χ4n) is 1.65. The van der Waals surface area contributed by atoms with Gasteiger partial charge in [0.2, 0.25) is 5.91 Å². The summed E-state index contributed by atoms with van der Waals surface area (Å²) in [7, 11) is 0. The Balaban J connectivity index is 2.39. The zero-order valence-corrected chi connectivity index (χ0v) is 10.2. The summed E-state index contributed by atoms with van der Waals surface area (Å²) in [4.78, 5) is 22.3. The van der Waals surface area contributed by atoms with Gasteiger partial charge in [0.25, 0.3) is 0 Å². The van der Waals surface area contributed by atoms with E-state index in [1.807, 2.05) is 6.92 Å². The zero-order valence-electron chi connectivity index (χ0n) is 9.36. The van der Waals surface area contributed by atoms with Gasteiger partial charge >= 0.3 is 5.97 Å². The number of amides is 1. The van der Waals surface area contributed by atoms with Crippen LogP contribution in [0.4, 0.5) is 0 Å². The van der Waals surface area contributed by atoms with Crippen LogP contribution >= 0.6 is 11.8 Å². The first kappa shape index (κ1) is 13.3. The lowest BCUT2D eigenvalue weighted by Gasteiger charge is -2.18. The second kappa shape index (κ2) is 6.75. The number of carbonyl (C=O) groups is 2. The molecule has 1 amide bonds. The molecule has 0 saturated carbocycles. The Hall–Kier alpha value is -0.750. The van der Waals surface area contributed by atoms with Crippen LogP contribution in [0.1, 0.15) is 26.2 Å². The summed E-state index contributed by atoms with van der Waals surface area (Å²) in [6.07, 6.45) is 1.57. The van der Waals surface area contributed by atoms with E-state index >= 15 is 0 Å². The van der Waals surface area contributed by atoms with E-state index in [0.717, 1.165) is 18.1 Å². The molecule has 2 unspecified atom stereocenters. The van der Waals surface area contributed by atoms with Gasteiger partial charge in [0.05, 0.1) is 12.5 Å². The lowest BCUT2D eigenvalue weighted by Crippen LogP contribution is -2.46. The van der Waals surface area contributed by atoms with Crippen LogP contribution in [0.2, 0.25) is 0 Å². The van der Waals surface area contributed by atoms with Crippen molar-refractivity contribution in [1.82, 2.24) is 10.6 Å². The minimum absolute atomic E-state index is 0.000553. The molecule has 0 aromatic heterocycles. The van der Waals surface area contributed by atoms with Crippen LogP contribution in [-0.2, 0) is 9.59 Å². The second-order valence-electron chi connectivity index (χ2n) is 3.86. The van der Waals surface area contributed by atoms with Crippen molar-refractivity contribution in [2.45, 2.75) is 38.3 Å². The number of carboxylic acids is 1. The molecule has 1 saturated heterocycles. The molecular weight excluding hydrogens is 228 g/mol. The van der Waals surface area contributed by atoms with Gasteiger partial charge in [-0.2, -0.15) is 0 Å². The predicted octanol–water partition coefficient (Wildman–Crippen LogP) is 0.408. The fraction of sp³-hybridized carbons (Fsp3) is 0.800. The van der Waals surface area contributed by atoms with Gasteiger partial charge in [-0.25, -0.2) is 0 Å². The predicted molar refractivity (Wildman–Crippen MR) is 63.3 cm³/mol. The molecule has 0 bridgehead atoms. The van der Waals surface area contributed by atoms with E-state index in [4.69, 9.17) is 5.11 Å². The van der Waals surface area contributed by atoms with Crippen molar-refractivity contribution in [2.24, 2.45) is 0 Å². The van der Waals surface area contributed by atoms with Crippen LogP contribution in [0.25, 0.3) is 0 Å².